The fraction of sp³-hybridized carbons (Fsp3) is 0.227. The minimum atomic E-state index is 0.503. The van der Waals surface area contributed by atoms with Gasteiger partial charge in [-0.25, -0.2) is 0 Å². The van der Waals surface area contributed by atoms with Crippen LogP contribution in [0, 0.1) is 0 Å². The Morgan fingerprint density at radius 3 is 2.72 bits per heavy atom. The van der Waals surface area contributed by atoms with E-state index >= 15 is 0 Å². The normalized spacial score (nSPS) is 15.4. The van der Waals surface area contributed by atoms with Crippen molar-refractivity contribution in [2.75, 3.05) is 13.1 Å². The first-order chi connectivity index (χ1) is 14.4. The standard InChI is InChI=1S/C22H20N6O/c1-5-23-6-2-13(1)18-9-16-20(11-25-18)27-28-22(16)19-10-15-17(26-19)3-7-24-21(15)14-4-8-29-12-14/h3-4,7-13,23,26H,1-2,5-6H2,(H,27,28). The maximum atomic E-state index is 5.25. The molecule has 7 heteroatoms. The zero-order chi connectivity index (χ0) is 19.2. The van der Waals surface area contributed by atoms with Gasteiger partial charge in [0.15, 0.2) is 0 Å². The van der Waals surface area contributed by atoms with E-state index in [-0.39, 0.29) is 0 Å². The summed E-state index contributed by atoms with van der Waals surface area (Å²) in [6, 6.07) is 8.23. The summed E-state index contributed by atoms with van der Waals surface area (Å²) in [5, 5.41) is 13.3. The van der Waals surface area contributed by atoms with Gasteiger partial charge >= 0.3 is 0 Å². The molecule has 1 aliphatic rings. The average molecular weight is 384 g/mol. The van der Waals surface area contributed by atoms with Gasteiger partial charge in [-0.1, -0.05) is 0 Å². The molecule has 0 radical (unpaired) electrons. The number of aromatic amines is 2. The maximum Gasteiger partial charge on any atom is 0.116 e. The maximum absolute atomic E-state index is 5.25. The Labute approximate surface area is 166 Å². The van der Waals surface area contributed by atoms with Crippen molar-refractivity contribution >= 4 is 21.8 Å². The Kier molecular flexibility index (Phi) is 3.73. The van der Waals surface area contributed by atoms with E-state index in [4.69, 9.17) is 9.40 Å². The van der Waals surface area contributed by atoms with Gasteiger partial charge in [-0.05, 0) is 50.2 Å². The van der Waals surface area contributed by atoms with E-state index in [1.54, 1.807) is 12.5 Å². The Balaban J connectivity index is 1.48. The number of aromatic nitrogens is 5. The van der Waals surface area contributed by atoms with Crippen LogP contribution in [0.25, 0.3) is 44.5 Å². The lowest BCUT2D eigenvalue weighted by Crippen LogP contribution is -2.27. The fourth-order valence-corrected chi connectivity index (χ4v) is 4.29. The highest BCUT2D eigenvalue weighted by Crippen LogP contribution is 2.34. The number of furan rings is 1. The molecule has 3 N–H and O–H groups in total. The van der Waals surface area contributed by atoms with Gasteiger partial charge in [0.1, 0.15) is 5.69 Å². The SMILES string of the molecule is c1cc2[nH]c(-c3n[nH]c4cnc(C5CCNCC5)cc34)cc2c(-c2ccoc2)n1. The van der Waals surface area contributed by atoms with Crippen molar-refractivity contribution in [1.82, 2.24) is 30.5 Å². The topological polar surface area (TPSA) is 95.4 Å². The van der Waals surface area contributed by atoms with Crippen molar-refractivity contribution in [3.05, 3.63) is 54.9 Å². The molecule has 29 heavy (non-hydrogen) atoms. The summed E-state index contributed by atoms with van der Waals surface area (Å²) in [5.41, 5.74) is 6.86. The predicted octanol–water partition coefficient (Wildman–Crippen LogP) is 4.23. The van der Waals surface area contributed by atoms with Gasteiger partial charge in [-0.2, -0.15) is 5.10 Å². The predicted molar refractivity (Wildman–Crippen MR) is 112 cm³/mol. The van der Waals surface area contributed by atoms with E-state index < -0.39 is 0 Å². The summed E-state index contributed by atoms with van der Waals surface area (Å²) in [6.45, 7) is 2.10. The minimum Gasteiger partial charge on any atom is -0.472 e. The highest BCUT2D eigenvalue weighted by molar-refractivity contribution is 5.99. The van der Waals surface area contributed by atoms with E-state index in [1.165, 1.54) is 0 Å². The summed E-state index contributed by atoms with van der Waals surface area (Å²) in [7, 11) is 0. The van der Waals surface area contributed by atoms with Crippen LogP contribution in [0.5, 0.6) is 0 Å². The van der Waals surface area contributed by atoms with E-state index in [1.807, 2.05) is 24.5 Å². The number of hydrogen-bond acceptors (Lipinski definition) is 5. The largest absolute Gasteiger partial charge is 0.472 e. The molecular formula is C22H20N6O. The lowest BCUT2D eigenvalue weighted by molar-refractivity contribution is 0.453. The first-order valence-corrected chi connectivity index (χ1v) is 9.92. The van der Waals surface area contributed by atoms with Gasteiger partial charge < -0.3 is 14.7 Å². The van der Waals surface area contributed by atoms with Crippen molar-refractivity contribution < 1.29 is 4.42 Å². The van der Waals surface area contributed by atoms with Gasteiger partial charge in [0, 0.05) is 39.7 Å². The molecule has 0 bridgehead atoms. The van der Waals surface area contributed by atoms with E-state index in [0.29, 0.717) is 5.92 Å². The number of nitrogens with one attached hydrogen (secondary N) is 3. The number of fused-ring (bicyclic) bond motifs is 2. The molecule has 1 aliphatic heterocycles. The lowest BCUT2D eigenvalue weighted by atomic mass is 9.93. The van der Waals surface area contributed by atoms with Crippen LogP contribution >= 0.6 is 0 Å². The van der Waals surface area contributed by atoms with Gasteiger partial charge in [-0.3, -0.25) is 15.1 Å². The third-order valence-corrected chi connectivity index (χ3v) is 5.82. The van der Waals surface area contributed by atoms with Crippen LogP contribution in [0.2, 0.25) is 0 Å². The molecular weight excluding hydrogens is 364 g/mol. The van der Waals surface area contributed by atoms with Gasteiger partial charge in [0.05, 0.1) is 35.6 Å². The first kappa shape index (κ1) is 16.5. The molecule has 0 amide bonds. The second kappa shape index (κ2) is 6.56. The summed E-state index contributed by atoms with van der Waals surface area (Å²) in [5.74, 6) is 0.503. The van der Waals surface area contributed by atoms with Crippen molar-refractivity contribution in [1.29, 1.82) is 0 Å². The molecule has 7 nitrogen and oxygen atoms in total. The molecule has 1 saturated heterocycles. The molecule has 0 aliphatic carbocycles. The van der Waals surface area contributed by atoms with Crippen LogP contribution < -0.4 is 5.32 Å². The van der Waals surface area contributed by atoms with Crippen molar-refractivity contribution in [2.45, 2.75) is 18.8 Å². The number of H-pyrrole nitrogens is 2. The molecule has 0 atom stereocenters. The summed E-state index contributed by atoms with van der Waals surface area (Å²) in [6.07, 6.45) is 9.35. The number of pyridine rings is 2. The molecule has 6 heterocycles. The van der Waals surface area contributed by atoms with Crippen LogP contribution in [-0.2, 0) is 0 Å². The lowest BCUT2D eigenvalue weighted by Gasteiger charge is -2.22. The Morgan fingerprint density at radius 1 is 0.966 bits per heavy atom. The summed E-state index contributed by atoms with van der Waals surface area (Å²) in [4.78, 5) is 12.8. The first-order valence-electron chi connectivity index (χ1n) is 9.92. The molecule has 0 aromatic carbocycles. The van der Waals surface area contributed by atoms with Crippen molar-refractivity contribution in [2.24, 2.45) is 0 Å². The Morgan fingerprint density at radius 2 is 1.86 bits per heavy atom. The molecule has 5 aromatic heterocycles. The molecule has 0 spiro atoms. The van der Waals surface area contributed by atoms with Gasteiger partial charge in [-0.15, -0.1) is 0 Å². The fourth-order valence-electron chi connectivity index (χ4n) is 4.29. The van der Waals surface area contributed by atoms with Crippen molar-refractivity contribution in [3.8, 4) is 22.6 Å². The Bertz CT molecular complexity index is 1290. The molecule has 1 fully saturated rings. The zero-order valence-corrected chi connectivity index (χ0v) is 15.8. The van der Waals surface area contributed by atoms with Crippen LogP contribution in [0.4, 0.5) is 0 Å². The third kappa shape index (κ3) is 2.74. The highest BCUT2D eigenvalue weighted by Gasteiger charge is 2.19. The second-order valence-corrected chi connectivity index (χ2v) is 7.57. The van der Waals surface area contributed by atoms with Gasteiger partial charge in [0.2, 0.25) is 0 Å². The Hall–Kier alpha value is -3.45. The van der Waals surface area contributed by atoms with Crippen LogP contribution in [0.15, 0.2) is 53.6 Å². The van der Waals surface area contributed by atoms with E-state index in [9.17, 15) is 0 Å². The van der Waals surface area contributed by atoms with E-state index in [2.05, 4.69) is 37.6 Å². The van der Waals surface area contributed by atoms with Crippen LogP contribution in [-0.4, -0.2) is 38.2 Å². The summed E-state index contributed by atoms with van der Waals surface area (Å²) >= 11 is 0. The molecule has 6 rings (SSSR count). The number of rotatable bonds is 3. The number of nitrogens with zero attached hydrogens (tertiary/aromatic N) is 3. The molecule has 0 saturated carbocycles. The zero-order valence-electron chi connectivity index (χ0n) is 15.8. The van der Waals surface area contributed by atoms with E-state index in [0.717, 1.165) is 76.1 Å². The second-order valence-electron chi connectivity index (χ2n) is 7.57. The monoisotopic (exact) mass is 384 g/mol. The minimum absolute atomic E-state index is 0.503. The summed E-state index contributed by atoms with van der Waals surface area (Å²) < 4.78 is 5.25. The smallest absolute Gasteiger partial charge is 0.116 e. The number of piperidine rings is 1. The number of hydrogen-bond donors (Lipinski definition) is 3. The molecule has 5 aromatic rings. The average Bonchev–Trinajstić information content (AvgIpc) is 3.52. The quantitative estimate of drug-likeness (QED) is 0.433. The van der Waals surface area contributed by atoms with Gasteiger partial charge in [0.25, 0.3) is 0 Å². The van der Waals surface area contributed by atoms with Crippen LogP contribution in [0.3, 0.4) is 0 Å². The molecule has 0 unspecified atom stereocenters. The third-order valence-electron chi connectivity index (χ3n) is 5.82. The molecule has 144 valence electrons. The van der Waals surface area contributed by atoms with Crippen molar-refractivity contribution in [3.63, 3.8) is 0 Å². The van der Waals surface area contributed by atoms with Crippen LogP contribution in [0.1, 0.15) is 24.5 Å². The highest BCUT2D eigenvalue weighted by atomic mass is 16.3.